The summed E-state index contributed by atoms with van der Waals surface area (Å²) in [5.74, 6) is 0. The summed E-state index contributed by atoms with van der Waals surface area (Å²) in [4.78, 5) is 5.50. The van der Waals surface area contributed by atoms with Gasteiger partial charge >= 0.3 is 0 Å². The average Bonchev–Trinajstić information content (AvgIpc) is 1.44. The summed E-state index contributed by atoms with van der Waals surface area (Å²) in [5, 5.41) is 2.47. The second-order valence-electron chi connectivity index (χ2n) is 28.6. The van der Waals surface area contributed by atoms with E-state index < -0.39 is 10.8 Å². The van der Waals surface area contributed by atoms with E-state index in [0.717, 1.165) is 5.69 Å². The van der Waals surface area contributed by atoms with Crippen LogP contribution < -0.4 is 26.2 Å². The molecule has 434 valence electrons. The Morgan fingerprint density at radius 1 is 0.283 bits per heavy atom. The molecule has 0 N–H and O–H groups in total. The van der Waals surface area contributed by atoms with E-state index in [-0.39, 0.29) is 17.5 Å². The molecule has 2 spiro atoms. The first-order valence-corrected chi connectivity index (χ1v) is 32.9. The van der Waals surface area contributed by atoms with Crippen LogP contribution >= 0.6 is 0 Å². The Kier molecular flexibility index (Phi) is 10.2. The van der Waals surface area contributed by atoms with Crippen molar-refractivity contribution in [2.45, 2.75) is 63.2 Å². The Hall–Kier alpha value is -10.7. The number of para-hydroxylation sites is 2. The SMILES string of the molecule is CC(C)(C)c1ccc2c(c1)B1c3cc(C(C)(C)C)ccc3N(c3cccc4c3C3(c5ccccc5-c5ccccc53)c3ccccc3-4)c3cc(-n4c5ccccc5c5ccccc54)cc(c31)N2c1cccc2c1C1(c3ccccc3-c3ccccc31)c1ccccc1-2. The van der Waals surface area contributed by atoms with Crippen LogP contribution in [0.4, 0.5) is 34.1 Å². The lowest BCUT2D eigenvalue weighted by Gasteiger charge is -2.47. The number of hydrogen-bond acceptors (Lipinski definition) is 2. The van der Waals surface area contributed by atoms with Gasteiger partial charge in [-0.3, -0.25) is 0 Å². The molecule has 3 nitrogen and oxygen atoms in total. The highest BCUT2D eigenvalue weighted by Gasteiger charge is 2.57. The van der Waals surface area contributed by atoms with Gasteiger partial charge in [-0.15, -0.1) is 0 Å². The summed E-state index contributed by atoms with van der Waals surface area (Å²) in [5.41, 5.74) is 36.6. The second kappa shape index (κ2) is 18.1. The number of benzene rings is 13. The van der Waals surface area contributed by atoms with Crippen LogP contribution in [0, 0.1) is 0 Å². The van der Waals surface area contributed by atoms with E-state index in [9.17, 15) is 0 Å². The van der Waals surface area contributed by atoms with E-state index in [1.807, 2.05) is 0 Å². The third-order valence-electron chi connectivity index (χ3n) is 22.1. The number of rotatable bonds is 3. The molecule has 0 radical (unpaired) electrons. The molecule has 92 heavy (non-hydrogen) atoms. The molecular formula is C88H64BN3. The van der Waals surface area contributed by atoms with E-state index in [1.54, 1.807) is 0 Å². The van der Waals surface area contributed by atoms with E-state index in [0.29, 0.717) is 0 Å². The monoisotopic (exact) mass is 1170 g/mol. The van der Waals surface area contributed by atoms with Crippen molar-refractivity contribution in [2.75, 3.05) is 9.80 Å². The maximum atomic E-state index is 2.75. The Balaban J connectivity index is 0.972. The maximum absolute atomic E-state index is 2.75. The highest BCUT2D eigenvalue weighted by molar-refractivity contribution is 7.00. The van der Waals surface area contributed by atoms with Crippen LogP contribution in [0.2, 0.25) is 0 Å². The molecule has 0 saturated heterocycles. The van der Waals surface area contributed by atoms with Crippen molar-refractivity contribution in [1.82, 2.24) is 4.57 Å². The number of aromatic nitrogens is 1. The molecule has 2 aliphatic heterocycles. The molecule has 13 aromatic carbocycles. The summed E-state index contributed by atoms with van der Waals surface area (Å²) in [6.45, 7) is 14.1. The van der Waals surface area contributed by atoms with Gasteiger partial charge in [-0.1, -0.05) is 272 Å². The van der Waals surface area contributed by atoms with Gasteiger partial charge in [0.05, 0.1) is 38.9 Å². The minimum absolute atomic E-state index is 0.140. The van der Waals surface area contributed by atoms with Gasteiger partial charge in [-0.05, 0) is 165 Å². The molecule has 4 aliphatic carbocycles. The molecular weight excluding hydrogens is 1110 g/mol. The molecule has 0 bridgehead atoms. The quantitative estimate of drug-likeness (QED) is 0.163. The van der Waals surface area contributed by atoms with Crippen LogP contribution in [0.1, 0.15) is 97.2 Å². The average molecular weight is 1170 g/mol. The topological polar surface area (TPSA) is 11.4 Å². The first-order chi connectivity index (χ1) is 45.0. The Morgan fingerprint density at radius 3 is 0.957 bits per heavy atom. The molecule has 20 rings (SSSR count). The van der Waals surface area contributed by atoms with Crippen LogP contribution in [0.5, 0.6) is 0 Å². The summed E-state index contributed by atoms with van der Waals surface area (Å²) < 4.78 is 2.57. The minimum Gasteiger partial charge on any atom is -0.311 e. The Morgan fingerprint density at radius 2 is 0.598 bits per heavy atom. The van der Waals surface area contributed by atoms with Crippen LogP contribution in [-0.4, -0.2) is 11.3 Å². The molecule has 3 heterocycles. The zero-order chi connectivity index (χ0) is 61.3. The lowest BCUT2D eigenvalue weighted by molar-refractivity contribution is 0.590. The number of anilines is 6. The predicted molar refractivity (Wildman–Crippen MR) is 385 cm³/mol. The third kappa shape index (κ3) is 6.42. The number of nitrogens with zero attached hydrogens (tertiary/aromatic N) is 3. The van der Waals surface area contributed by atoms with Crippen LogP contribution in [0.15, 0.2) is 279 Å². The molecule has 0 saturated carbocycles. The maximum Gasteiger partial charge on any atom is 0.252 e. The van der Waals surface area contributed by atoms with Crippen molar-refractivity contribution < 1.29 is 0 Å². The first-order valence-electron chi connectivity index (χ1n) is 32.9. The predicted octanol–water partition coefficient (Wildman–Crippen LogP) is 20.1. The van der Waals surface area contributed by atoms with Crippen LogP contribution in [0.3, 0.4) is 0 Å². The highest BCUT2D eigenvalue weighted by atomic mass is 15.2. The van der Waals surface area contributed by atoms with Gasteiger partial charge in [0.1, 0.15) is 0 Å². The standard InChI is InChI=1S/C88H64BN3/c1-85(2,3)53-45-47-76-72(49-53)89-73-50-54(86(4,5)6)46-48-77(73)92(79-44-24-34-65-61-30-12-20-40-71(61)88(83(65)79)68-37-17-9-27-58(68)59-28-10-18-38-69(59)88)81-52-55(90-74-41-21-13-31-62(74)63-32-14-22-42-75(63)90)51-80(84(81)89)91(76)78-43-23-33-64-60-29-11-19-39-70(60)87(82(64)78)66-35-15-7-25-56(66)57-26-8-16-36-67(57)87/h7-52H,1-6H3. The van der Waals surface area contributed by atoms with Crippen molar-refractivity contribution in [3.05, 3.63) is 335 Å². The normalized spacial score (nSPS) is 15.0. The van der Waals surface area contributed by atoms with Crippen molar-refractivity contribution in [3.8, 4) is 50.2 Å². The van der Waals surface area contributed by atoms with E-state index in [1.165, 1.54) is 172 Å². The molecule has 1 aromatic heterocycles. The lowest BCUT2D eigenvalue weighted by atomic mass is 9.33. The summed E-state index contributed by atoms with van der Waals surface area (Å²) >= 11 is 0. The van der Waals surface area contributed by atoms with E-state index >= 15 is 0 Å². The molecule has 0 amide bonds. The molecule has 0 atom stereocenters. The smallest absolute Gasteiger partial charge is 0.252 e. The number of fused-ring (bicyclic) bond motifs is 27. The van der Waals surface area contributed by atoms with E-state index in [2.05, 4.69) is 335 Å². The largest absolute Gasteiger partial charge is 0.311 e. The third-order valence-corrected chi connectivity index (χ3v) is 22.1. The second-order valence-corrected chi connectivity index (χ2v) is 28.6. The van der Waals surface area contributed by atoms with Gasteiger partial charge < -0.3 is 14.4 Å². The summed E-state index contributed by atoms with van der Waals surface area (Å²) in [7, 11) is 0. The fourth-order valence-electron chi connectivity index (χ4n) is 18.4. The van der Waals surface area contributed by atoms with Crippen LogP contribution in [-0.2, 0) is 21.7 Å². The Labute approximate surface area is 538 Å². The van der Waals surface area contributed by atoms with Gasteiger partial charge in [-0.25, -0.2) is 0 Å². The first kappa shape index (κ1) is 52.1. The fourth-order valence-corrected chi connectivity index (χ4v) is 18.4. The van der Waals surface area contributed by atoms with Crippen molar-refractivity contribution in [1.29, 1.82) is 0 Å². The van der Waals surface area contributed by atoms with E-state index in [4.69, 9.17) is 0 Å². The van der Waals surface area contributed by atoms with Gasteiger partial charge in [0, 0.05) is 44.6 Å². The molecule has 4 heteroatoms. The van der Waals surface area contributed by atoms with Crippen molar-refractivity contribution >= 4 is 79.0 Å². The van der Waals surface area contributed by atoms with Crippen molar-refractivity contribution in [3.63, 3.8) is 0 Å². The fraction of sp³-hybridized carbons (Fsp3) is 0.114. The van der Waals surface area contributed by atoms with Gasteiger partial charge in [0.25, 0.3) is 6.71 Å². The van der Waals surface area contributed by atoms with Crippen LogP contribution in [0.25, 0.3) is 72.0 Å². The molecule has 0 fully saturated rings. The van der Waals surface area contributed by atoms with Gasteiger partial charge in [-0.2, -0.15) is 0 Å². The molecule has 0 unspecified atom stereocenters. The van der Waals surface area contributed by atoms with Gasteiger partial charge in [0.2, 0.25) is 0 Å². The molecule has 6 aliphatic rings. The summed E-state index contributed by atoms with van der Waals surface area (Å²) in [6, 6.07) is 108. The zero-order valence-corrected chi connectivity index (χ0v) is 52.5. The zero-order valence-electron chi connectivity index (χ0n) is 52.5. The lowest BCUT2D eigenvalue weighted by Crippen LogP contribution is -2.62. The number of hydrogen-bond donors (Lipinski definition) is 0. The molecule has 14 aromatic rings. The summed E-state index contributed by atoms with van der Waals surface area (Å²) in [6.07, 6.45) is 0. The van der Waals surface area contributed by atoms with Crippen molar-refractivity contribution in [2.24, 2.45) is 0 Å². The highest BCUT2D eigenvalue weighted by Crippen LogP contribution is 2.68. The van der Waals surface area contributed by atoms with Gasteiger partial charge in [0.15, 0.2) is 0 Å². The Bertz CT molecular complexity index is 5140. The minimum atomic E-state index is -0.620.